The Morgan fingerprint density at radius 3 is 2.87 bits per heavy atom. The predicted molar refractivity (Wildman–Crippen MR) is 63.3 cm³/mol. The van der Waals surface area contributed by atoms with Crippen LogP contribution in [0.5, 0.6) is 0 Å². The summed E-state index contributed by atoms with van der Waals surface area (Å²) in [4.78, 5) is 11.0. The van der Waals surface area contributed by atoms with Crippen LogP contribution >= 0.6 is 15.9 Å². The number of fused-ring (bicyclic) bond motifs is 1. The van der Waals surface area contributed by atoms with E-state index in [1.165, 1.54) is 12.8 Å². The molecule has 0 saturated heterocycles. The number of halogens is 1. The van der Waals surface area contributed by atoms with Gasteiger partial charge in [-0.3, -0.25) is 4.79 Å². The maximum absolute atomic E-state index is 11.0. The molecule has 2 nitrogen and oxygen atoms in total. The van der Waals surface area contributed by atoms with Crippen LogP contribution in [0.25, 0.3) is 10.9 Å². The fourth-order valence-electron chi connectivity index (χ4n) is 2.07. The Balaban J connectivity index is 2.38. The molecule has 0 aliphatic heterocycles. The maximum Gasteiger partial charge on any atom is 0.166 e. The first-order chi connectivity index (χ1) is 7.31. The lowest BCUT2D eigenvalue weighted by Crippen LogP contribution is -1.98. The van der Waals surface area contributed by atoms with Crippen LogP contribution in [0.2, 0.25) is 0 Å². The molecule has 1 fully saturated rings. The van der Waals surface area contributed by atoms with Gasteiger partial charge in [0.25, 0.3) is 0 Å². The van der Waals surface area contributed by atoms with Gasteiger partial charge in [0.2, 0.25) is 0 Å². The molecule has 3 rings (SSSR count). The van der Waals surface area contributed by atoms with Crippen LogP contribution in [0.4, 0.5) is 0 Å². The molecule has 0 radical (unpaired) electrons. The summed E-state index contributed by atoms with van der Waals surface area (Å²) in [5.41, 5.74) is 1.95. The molecule has 0 N–H and O–H groups in total. The number of benzene rings is 1. The monoisotopic (exact) mass is 263 g/mol. The fraction of sp³-hybridized carbons (Fsp3) is 0.250. The van der Waals surface area contributed by atoms with Gasteiger partial charge in [0.1, 0.15) is 0 Å². The minimum Gasteiger partial charge on any atom is -0.335 e. The van der Waals surface area contributed by atoms with Crippen molar-refractivity contribution in [2.45, 2.75) is 18.9 Å². The van der Waals surface area contributed by atoms with Gasteiger partial charge in [-0.15, -0.1) is 0 Å². The maximum atomic E-state index is 11.0. The van der Waals surface area contributed by atoms with Gasteiger partial charge < -0.3 is 4.57 Å². The van der Waals surface area contributed by atoms with Crippen molar-refractivity contribution in [2.24, 2.45) is 0 Å². The molecule has 1 aliphatic carbocycles. The Morgan fingerprint density at radius 1 is 1.40 bits per heavy atom. The predicted octanol–water partition coefficient (Wildman–Crippen LogP) is 3.55. The van der Waals surface area contributed by atoms with Crippen molar-refractivity contribution in [1.82, 2.24) is 4.57 Å². The highest BCUT2D eigenvalue weighted by Crippen LogP contribution is 2.40. The SMILES string of the molecule is O=Cc1cc2c(Br)cccc2n1C1CC1. The quantitative estimate of drug-likeness (QED) is 0.760. The first-order valence-corrected chi connectivity index (χ1v) is 5.85. The molecule has 0 spiro atoms. The molecule has 0 unspecified atom stereocenters. The van der Waals surface area contributed by atoms with Crippen molar-refractivity contribution in [3.8, 4) is 0 Å². The summed E-state index contributed by atoms with van der Waals surface area (Å²) in [7, 11) is 0. The van der Waals surface area contributed by atoms with E-state index in [9.17, 15) is 4.79 Å². The summed E-state index contributed by atoms with van der Waals surface area (Å²) in [6.07, 6.45) is 3.33. The van der Waals surface area contributed by atoms with Crippen LogP contribution in [0, 0.1) is 0 Å². The third kappa shape index (κ3) is 1.34. The van der Waals surface area contributed by atoms with Gasteiger partial charge in [-0.1, -0.05) is 22.0 Å². The number of carbonyl (C=O) groups is 1. The number of aromatic nitrogens is 1. The smallest absolute Gasteiger partial charge is 0.166 e. The zero-order chi connectivity index (χ0) is 10.4. The molecule has 1 aliphatic rings. The van der Waals surface area contributed by atoms with E-state index in [1.54, 1.807) is 0 Å². The zero-order valence-corrected chi connectivity index (χ0v) is 9.70. The van der Waals surface area contributed by atoms with Crippen molar-refractivity contribution in [3.05, 3.63) is 34.4 Å². The minimum atomic E-state index is 0.539. The number of nitrogens with zero attached hydrogens (tertiary/aromatic N) is 1. The van der Waals surface area contributed by atoms with E-state index in [1.807, 2.05) is 18.2 Å². The number of carbonyl (C=O) groups excluding carboxylic acids is 1. The molecule has 76 valence electrons. The highest BCUT2D eigenvalue weighted by molar-refractivity contribution is 9.10. The molecule has 3 heteroatoms. The highest BCUT2D eigenvalue weighted by atomic mass is 79.9. The summed E-state index contributed by atoms with van der Waals surface area (Å²) in [6.45, 7) is 0. The van der Waals surface area contributed by atoms with Gasteiger partial charge in [-0.05, 0) is 31.0 Å². The topological polar surface area (TPSA) is 22.0 Å². The van der Waals surface area contributed by atoms with Gasteiger partial charge in [0, 0.05) is 21.4 Å². The molecule has 1 aromatic heterocycles. The van der Waals surface area contributed by atoms with E-state index < -0.39 is 0 Å². The molecular formula is C12H10BrNO. The average molecular weight is 264 g/mol. The van der Waals surface area contributed by atoms with Gasteiger partial charge in [-0.25, -0.2) is 0 Å². The lowest BCUT2D eigenvalue weighted by atomic mass is 10.2. The Bertz CT molecular complexity index is 540. The minimum absolute atomic E-state index is 0.539. The second-order valence-corrected chi connectivity index (χ2v) is 4.82. The van der Waals surface area contributed by atoms with E-state index in [0.29, 0.717) is 6.04 Å². The third-order valence-electron chi connectivity index (χ3n) is 2.89. The second kappa shape index (κ2) is 3.20. The lowest BCUT2D eigenvalue weighted by molar-refractivity contribution is 0.111. The first kappa shape index (κ1) is 9.16. The molecule has 15 heavy (non-hydrogen) atoms. The average Bonchev–Trinajstić information content (AvgIpc) is 3.00. The Hall–Kier alpha value is -1.09. The van der Waals surface area contributed by atoms with Gasteiger partial charge in [0.05, 0.1) is 5.69 Å². The highest BCUT2D eigenvalue weighted by Gasteiger charge is 2.27. The molecule has 0 amide bonds. The summed E-state index contributed by atoms with van der Waals surface area (Å²) in [6, 6.07) is 8.60. The molecule has 0 bridgehead atoms. The van der Waals surface area contributed by atoms with Crippen molar-refractivity contribution in [1.29, 1.82) is 0 Å². The number of aldehydes is 1. The number of rotatable bonds is 2. The Kier molecular flexibility index (Phi) is 1.96. The Morgan fingerprint density at radius 2 is 2.20 bits per heavy atom. The summed E-state index contributed by atoms with van der Waals surface area (Å²) in [5.74, 6) is 0. The molecule has 0 atom stereocenters. The fourth-order valence-corrected chi connectivity index (χ4v) is 2.54. The van der Waals surface area contributed by atoms with Crippen molar-refractivity contribution < 1.29 is 4.79 Å². The lowest BCUT2D eigenvalue weighted by Gasteiger charge is -2.04. The van der Waals surface area contributed by atoms with Crippen LogP contribution < -0.4 is 0 Å². The largest absolute Gasteiger partial charge is 0.335 e. The summed E-state index contributed by atoms with van der Waals surface area (Å²) < 4.78 is 3.22. The standard InChI is InChI=1S/C12H10BrNO/c13-11-2-1-3-12-10(11)6-9(7-15)14(12)8-4-5-8/h1-3,6-8H,4-5H2. The normalized spacial score (nSPS) is 15.8. The number of hydrogen-bond acceptors (Lipinski definition) is 1. The third-order valence-corrected chi connectivity index (χ3v) is 3.58. The van der Waals surface area contributed by atoms with E-state index in [0.717, 1.165) is 27.4 Å². The molecule has 2 aromatic rings. The van der Waals surface area contributed by atoms with Crippen LogP contribution in [0.1, 0.15) is 29.4 Å². The van der Waals surface area contributed by atoms with Crippen LogP contribution in [-0.2, 0) is 0 Å². The molecule has 1 aromatic carbocycles. The Labute approximate surface area is 96.0 Å². The van der Waals surface area contributed by atoms with Crippen LogP contribution in [0.3, 0.4) is 0 Å². The molecule has 1 saturated carbocycles. The number of hydrogen-bond donors (Lipinski definition) is 0. The zero-order valence-electron chi connectivity index (χ0n) is 8.11. The van der Waals surface area contributed by atoms with Crippen LogP contribution in [-0.4, -0.2) is 10.9 Å². The molecular weight excluding hydrogens is 254 g/mol. The van der Waals surface area contributed by atoms with Crippen molar-refractivity contribution in [3.63, 3.8) is 0 Å². The summed E-state index contributed by atoms with van der Waals surface area (Å²) in [5, 5.41) is 1.13. The van der Waals surface area contributed by atoms with E-state index in [-0.39, 0.29) is 0 Å². The van der Waals surface area contributed by atoms with Gasteiger partial charge in [-0.2, -0.15) is 0 Å². The van der Waals surface area contributed by atoms with Crippen molar-refractivity contribution in [2.75, 3.05) is 0 Å². The first-order valence-electron chi connectivity index (χ1n) is 5.06. The van der Waals surface area contributed by atoms with E-state index in [4.69, 9.17) is 0 Å². The van der Waals surface area contributed by atoms with E-state index >= 15 is 0 Å². The van der Waals surface area contributed by atoms with Gasteiger partial charge >= 0.3 is 0 Å². The van der Waals surface area contributed by atoms with Crippen molar-refractivity contribution >= 4 is 33.1 Å². The molecule has 1 heterocycles. The summed E-state index contributed by atoms with van der Waals surface area (Å²) >= 11 is 3.51. The van der Waals surface area contributed by atoms with E-state index in [2.05, 4.69) is 26.6 Å². The van der Waals surface area contributed by atoms with Gasteiger partial charge in [0.15, 0.2) is 6.29 Å². The second-order valence-electron chi connectivity index (χ2n) is 3.96. The van der Waals surface area contributed by atoms with Crippen LogP contribution in [0.15, 0.2) is 28.7 Å².